The Morgan fingerprint density at radius 3 is 2.06 bits per heavy atom. The smallest absolute Gasteiger partial charge is 0.243 e. The Morgan fingerprint density at radius 2 is 1.53 bits per heavy atom. The monoisotopic (exact) mass is 509 g/mol. The summed E-state index contributed by atoms with van der Waals surface area (Å²) in [7, 11) is 0. The number of carbonyl (C=O) groups is 5. The van der Waals surface area contributed by atoms with Gasteiger partial charge in [-0.05, 0) is 51.6 Å². The molecule has 1 aromatic rings. The lowest BCUT2D eigenvalue weighted by atomic mass is 10.1. The van der Waals surface area contributed by atoms with Crippen molar-refractivity contribution < 1.29 is 24.0 Å². The molecule has 0 radical (unpaired) electrons. The molecule has 1 aromatic heterocycles. The molecule has 0 aromatic carbocycles. The molecule has 3 atom stereocenters. The fourth-order valence-corrected chi connectivity index (χ4v) is 3.42. The van der Waals surface area contributed by atoms with Crippen molar-refractivity contribution in [2.24, 2.45) is 17.2 Å². The van der Waals surface area contributed by atoms with Crippen molar-refractivity contribution in [3.05, 3.63) is 18.2 Å². The van der Waals surface area contributed by atoms with Crippen LogP contribution in [0, 0.1) is 0 Å². The third-order valence-electron chi connectivity index (χ3n) is 5.30. The molecule has 1 heterocycles. The molecule has 0 fully saturated rings. The third-order valence-corrected chi connectivity index (χ3v) is 5.30. The van der Waals surface area contributed by atoms with Gasteiger partial charge in [0.2, 0.25) is 29.5 Å². The standard InChI is InChI=1S/C22H39N9O5/c1-14(32)29-17(7-3-5-9-24)21(35)27-12-19(33)30-18(10-15-11-26-13-28-15)22(36)31-16(20(25)34)6-2-4-8-23/h11,13,16-18H,2-10,12,23-24H2,1H3,(H2,25,34)(H,26,28)(H,27,35)(H,29,32)(H,30,33)(H,31,36)/t16-,17-,18-/m0/s1. The first-order valence-corrected chi connectivity index (χ1v) is 12.0. The van der Waals surface area contributed by atoms with Gasteiger partial charge in [-0.3, -0.25) is 24.0 Å². The molecule has 36 heavy (non-hydrogen) atoms. The first-order valence-electron chi connectivity index (χ1n) is 12.0. The van der Waals surface area contributed by atoms with Crippen LogP contribution in [-0.4, -0.2) is 77.3 Å². The van der Waals surface area contributed by atoms with Gasteiger partial charge in [0, 0.05) is 25.2 Å². The summed E-state index contributed by atoms with van der Waals surface area (Å²) in [5.41, 5.74) is 16.9. The SMILES string of the molecule is CC(=O)N[C@@H](CCCCN)C(=O)NCC(=O)N[C@@H](Cc1cnc[nH]1)C(=O)N[C@@H](CCCCN)C(N)=O. The normalized spacial score (nSPS) is 13.2. The van der Waals surface area contributed by atoms with Gasteiger partial charge in [-0.2, -0.15) is 0 Å². The fraction of sp³-hybridized carbons (Fsp3) is 0.636. The number of primary amides is 1. The van der Waals surface area contributed by atoms with Crippen LogP contribution in [0.2, 0.25) is 0 Å². The van der Waals surface area contributed by atoms with Crippen LogP contribution in [0.1, 0.15) is 51.1 Å². The summed E-state index contributed by atoms with van der Waals surface area (Å²) >= 11 is 0. The summed E-state index contributed by atoms with van der Waals surface area (Å²) in [6, 6.07) is -2.80. The number of unbranched alkanes of at least 4 members (excludes halogenated alkanes) is 2. The number of hydrogen-bond donors (Lipinski definition) is 8. The maximum atomic E-state index is 12.9. The van der Waals surface area contributed by atoms with Gasteiger partial charge < -0.3 is 43.5 Å². The Bertz CT molecular complexity index is 847. The van der Waals surface area contributed by atoms with Gasteiger partial charge >= 0.3 is 0 Å². The summed E-state index contributed by atoms with van der Waals surface area (Å²) < 4.78 is 0. The van der Waals surface area contributed by atoms with E-state index < -0.39 is 48.3 Å². The molecular weight excluding hydrogens is 470 g/mol. The van der Waals surface area contributed by atoms with E-state index >= 15 is 0 Å². The van der Waals surface area contributed by atoms with Gasteiger partial charge in [-0.1, -0.05) is 0 Å². The van der Waals surface area contributed by atoms with E-state index in [9.17, 15) is 24.0 Å². The van der Waals surface area contributed by atoms with Gasteiger partial charge in [-0.25, -0.2) is 4.98 Å². The number of imidazole rings is 1. The molecule has 202 valence electrons. The van der Waals surface area contributed by atoms with Gasteiger partial charge in [-0.15, -0.1) is 0 Å². The quantitative estimate of drug-likeness (QED) is 0.0965. The van der Waals surface area contributed by atoms with Crippen LogP contribution in [0.5, 0.6) is 0 Å². The van der Waals surface area contributed by atoms with E-state index in [1.807, 2.05) is 0 Å². The summed E-state index contributed by atoms with van der Waals surface area (Å²) in [6.07, 6.45) is 6.24. The Kier molecular flexibility index (Phi) is 14.4. The minimum Gasteiger partial charge on any atom is -0.368 e. The highest BCUT2D eigenvalue weighted by Crippen LogP contribution is 2.04. The second kappa shape index (κ2) is 17.0. The zero-order valence-corrected chi connectivity index (χ0v) is 20.7. The first kappa shape index (κ1) is 30.5. The third kappa shape index (κ3) is 12.3. The summed E-state index contributed by atoms with van der Waals surface area (Å²) in [6.45, 7) is 1.78. The molecule has 0 saturated carbocycles. The Balaban J connectivity index is 2.78. The topological polar surface area (TPSA) is 240 Å². The van der Waals surface area contributed by atoms with E-state index in [1.54, 1.807) is 0 Å². The number of nitrogens with two attached hydrogens (primary N) is 3. The van der Waals surface area contributed by atoms with Crippen molar-refractivity contribution in [3.8, 4) is 0 Å². The number of hydrogen-bond acceptors (Lipinski definition) is 8. The lowest BCUT2D eigenvalue weighted by molar-refractivity contribution is -0.132. The number of nitrogens with one attached hydrogen (secondary N) is 5. The van der Waals surface area contributed by atoms with E-state index in [1.165, 1.54) is 19.4 Å². The minimum atomic E-state index is -1.07. The zero-order valence-electron chi connectivity index (χ0n) is 20.7. The number of amides is 5. The number of nitrogens with zero attached hydrogens (tertiary/aromatic N) is 1. The minimum absolute atomic E-state index is 0.0629. The molecular formula is C22H39N9O5. The van der Waals surface area contributed by atoms with Crippen LogP contribution in [0.3, 0.4) is 0 Å². The largest absolute Gasteiger partial charge is 0.368 e. The van der Waals surface area contributed by atoms with Crippen LogP contribution in [0.25, 0.3) is 0 Å². The van der Waals surface area contributed by atoms with Crippen LogP contribution >= 0.6 is 0 Å². The second-order valence-corrected chi connectivity index (χ2v) is 8.40. The second-order valence-electron chi connectivity index (χ2n) is 8.40. The summed E-state index contributed by atoms with van der Waals surface area (Å²) in [5.74, 6) is -2.85. The average Bonchev–Trinajstić information content (AvgIpc) is 3.33. The Morgan fingerprint density at radius 1 is 0.889 bits per heavy atom. The van der Waals surface area contributed by atoms with E-state index in [0.29, 0.717) is 57.3 Å². The van der Waals surface area contributed by atoms with Crippen molar-refractivity contribution in [2.75, 3.05) is 19.6 Å². The van der Waals surface area contributed by atoms with Gasteiger partial charge in [0.05, 0.1) is 12.9 Å². The predicted molar refractivity (Wildman–Crippen MR) is 132 cm³/mol. The van der Waals surface area contributed by atoms with Crippen LogP contribution < -0.4 is 38.5 Å². The Hall–Kier alpha value is -3.52. The number of carbonyl (C=O) groups excluding carboxylic acids is 5. The Labute approximate surface area is 210 Å². The molecule has 11 N–H and O–H groups in total. The molecule has 5 amide bonds. The van der Waals surface area contributed by atoms with Crippen molar-refractivity contribution in [1.82, 2.24) is 31.2 Å². The van der Waals surface area contributed by atoms with Crippen LogP contribution in [0.4, 0.5) is 0 Å². The number of rotatable bonds is 18. The lowest BCUT2D eigenvalue weighted by Crippen LogP contribution is -2.55. The van der Waals surface area contributed by atoms with Gasteiger partial charge in [0.15, 0.2) is 0 Å². The van der Waals surface area contributed by atoms with Crippen molar-refractivity contribution >= 4 is 29.5 Å². The van der Waals surface area contributed by atoms with Gasteiger partial charge in [0.25, 0.3) is 0 Å². The molecule has 0 aliphatic carbocycles. The van der Waals surface area contributed by atoms with Crippen LogP contribution in [-0.2, 0) is 30.4 Å². The molecule has 0 aliphatic heterocycles. The molecule has 0 aliphatic rings. The highest BCUT2D eigenvalue weighted by atomic mass is 16.2. The zero-order chi connectivity index (χ0) is 26.9. The molecule has 14 heteroatoms. The fourth-order valence-electron chi connectivity index (χ4n) is 3.42. The van der Waals surface area contributed by atoms with Gasteiger partial charge in [0.1, 0.15) is 18.1 Å². The van der Waals surface area contributed by atoms with E-state index in [0.717, 1.165) is 0 Å². The number of H-pyrrole nitrogens is 1. The molecule has 0 unspecified atom stereocenters. The van der Waals surface area contributed by atoms with Crippen molar-refractivity contribution in [2.45, 2.75) is 70.0 Å². The van der Waals surface area contributed by atoms with E-state index in [-0.39, 0.29) is 12.3 Å². The van der Waals surface area contributed by atoms with E-state index in [2.05, 4.69) is 31.2 Å². The average molecular weight is 510 g/mol. The summed E-state index contributed by atoms with van der Waals surface area (Å²) in [5, 5.41) is 10.2. The summed E-state index contributed by atoms with van der Waals surface area (Å²) in [4.78, 5) is 68.0. The van der Waals surface area contributed by atoms with Crippen LogP contribution in [0.15, 0.2) is 12.5 Å². The van der Waals surface area contributed by atoms with Crippen molar-refractivity contribution in [1.29, 1.82) is 0 Å². The molecule has 0 saturated heterocycles. The van der Waals surface area contributed by atoms with E-state index in [4.69, 9.17) is 17.2 Å². The van der Waals surface area contributed by atoms with Crippen molar-refractivity contribution in [3.63, 3.8) is 0 Å². The first-order chi connectivity index (χ1) is 17.2. The molecule has 0 spiro atoms. The number of aromatic amines is 1. The molecule has 0 bridgehead atoms. The highest BCUT2D eigenvalue weighted by Gasteiger charge is 2.27. The predicted octanol–water partition coefficient (Wildman–Crippen LogP) is -2.71. The molecule has 14 nitrogen and oxygen atoms in total. The highest BCUT2D eigenvalue weighted by molar-refractivity contribution is 5.94. The molecule has 1 rings (SSSR count). The number of aromatic nitrogens is 2. The maximum Gasteiger partial charge on any atom is 0.243 e. The maximum absolute atomic E-state index is 12.9. The lowest BCUT2D eigenvalue weighted by Gasteiger charge is -2.22.